The van der Waals surface area contributed by atoms with Gasteiger partial charge in [0.15, 0.2) is 10.7 Å². The Balaban J connectivity index is 1.52. The molecule has 0 unspecified atom stereocenters. The van der Waals surface area contributed by atoms with Crippen LogP contribution in [0.5, 0.6) is 11.5 Å². The minimum absolute atomic E-state index is 0.194. The monoisotopic (exact) mass is 409 g/mol. The average Bonchev–Trinajstić information content (AvgIpc) is 3.36. The maximum atomic E-state index is 6.02. The summed E-state index contributed by atoms with van der Waals surface area (Å²) < 4.78 is 16.2. The molecule has 2 aromatic carbocycles. The first-order valence-corrected chi connectivity index (χ1v) is 9.72. The van der Waals surface area contributed by atoms with E-state index in [1.54, 1.807) is 7.11 Å². The third kappa shape index (κ3) is 4.14. The zero-order valence-electron chi connectivity index (χ0n) is 15.9. The van der Waals surface area contributed by atoms with E-state index in [2.05, 4.69) is 20.5 Å². The molecule has 0 bridgehead atoms. The van der Waals surface area contributed by atoms with Crippen LogP contribution in [-0.4, -0.2) is 28.9 Å². The van der Waals surface area contributed by atoms with E-state index in [1.165, 1.54) is 11.3 Å². The van der Waals surface area contributed by atoms with Crippen LogP contribution in [0.15, 0.2) is 52.9 Å². The molecular formula is C20H19N5O3S. The zero-order chi connectivity index (χ0) is 20.2. The number of hydrogen-bond acceptors (Lipinski definition) is 9. The number of anilines is 3. The molecular weight excluding hydrogens is 390 g/mol. The number of oxazole rings is 1. The third-order valence-corrected chi connectivity index (χ3v) is 4.88. The topological polar surface area (TPSA) is 108 Å². The molecule has 0 fully saturated rings. The summed E-state index contributed by atoms with van der Waals surface area (Å²) in [6.07, 6.45) is 0. The van der Waals surface area contributed by atoms with Crippen molar-refractivity contribution >= 4 is 28.0 Å². The number of benzene rings is 2. The molecule has 0 radical (unpaired) electrons. The van der Waals surface area contributed by atoms with Crippen LogP contribution in [0.1, 0.15) is 6.92 Å². The summed E-state index contributed by atoms with van der Waals surface area (Å²) in [5.41, 5.74) is 8.16. The number of aromatic nitrogens is 3. The highest BCUT2D eigenvalue weighted by molar-refractivity contribution is 7.18. The molecule has 0 aliphatic carbocycles. The van der Waals surface area contributed by atoms with Crippen LogP contribution >= 0.6 is 11.3 Å². The smallest absolute Gasteiger partial charge is 0.229 e. The van der Waals surface area contributed by atoms with Crippen molar-refractivity contribution in [1.82, 2.24) is 15.2 Å². The summed E-state index contributed by atoms with van der Waals surface area (Å²) in [6.45, 7) is 2.58. The molecule has 2 heterocycles. The Bertz CT molecular complexity index is 1090. The van der Waals surface area contributed by atoms with Crippen molar-refractivity contribution in [2.75, 3.05) is 24.8 Å². The van der Waals surface area contributed by atoms with E-state index in [-0.39, 0.29) is 5.88 Å². The summed E-state index contributed by atoms with van der Waals surface area (Å²) >= 11 is 1.34. The highest BCUT2D eigenvalue weighted by Gasteiger charge is 2.18. The van der Waals surface area contributed by atoms with Gasteiger partial charge in [0.2, 0.25) is 16.9 Å². The second kappa shape index (κ2) is 8.19. The molecule has 148 valence electrons. The van der Waals surface area contributed by atoms with Crippen molar-refractivity contribution in [2.24, 2.45) is 0 Å². The van der Waals surface area contributed by atoms with Crippen molar-refractivity contribution < 1.29 is 13.9 Å². The quantitative estimate of drug-likeness (QED) is 0.456. The Hall–Kier alpha value is -3.59. The minimum atomic E-state index is 0.194. The molecule has 3 N–H and O–H groups in total. The molecule has 0 amide bonds. The van der Waals surface area contributed by atoms with Crippen molar-refractivity contribution in [3.05, 3.63) is 48.5 Å². The van der Waals surface area contributed by atoms with Gasteiger partial charge in [-0.15, -0.1) is 10.2 Å². The van der Waals surface area contributed by atoms with E-state index < -0.39 is 0 Å². The van der Waals surface area contributed by atoms with Crippen LogP contribution in [0.2, 0.25) is 0 Å². The van der Waals surface area contributed by atoms with E-state index >= 15 is 0 Å². The standard InChI is InChI=1S/C20H19N5O3S/c1-3-27-15-10-6-13(7-11-15)22-20-25-24-19(29-20)16-17(21)28-18(23-16)12-4-8-14(26-2)9-5-12/h4-11H,3,21H2,1-2H3,(H,22,25). The van der Waals surface area contributed by atoms with Crippen molar-refractivity contribution in [3.63, 3.8) is 0 Å². The maximum Gasteiger partial charge on any atom is 0.229 e. The number of nitrogen functional groups attached to an aromatic ring is 1. The molecule has 0 saturated heterocycles. The van der Waals surface area contributed by atoms with Gasteiger partial charge in [-0.3, -0.25) is 0 Å². The summed E-state index contributed by atoms with van der Waals surface area (Å²) in [6, 6.07) is 15.0. The van der Waals surface area contributed by atoms with Gasteiger partial charge in [0.05, 0.1) is 13.7 Å². The first kappa shape index (κ1) is 18.8. The predicted octanol–water partition coefficient (Wildman–Crippen LogP) is 4.59. The Morgan fingerprint density at radius 1 is 1.03 bits per heavy atom. The SMILES string of the molecule is CCOc1ccc(Nc2nnc(-c3nc(-c4ccc(OC)cc4)oc3N)s2)cc1. The van der Waals surface area contributed by atoms with Gasteiger partial charge < -0.3 is 24.9 Å². The molecule has 9 heteroatoms. The number of methoxy groups -OCH3 is 1. The van der Waals surface area contributed by atoms with Gasteiger partial charge in [-0.25, -0.2) is 4.98 Å². The molecule has 0 aliphatic heterocycles. The van der Waals surface area contributed by atoms with Gasteiger partial charge >= 0.3 is 0 Å². The summed E-state index contributed by atoms with van der Waals surface area (Å²) in [5, 5.41) is 12.8. The lowest BCUT2D eigenvalue weighted by Gasteiger charge is -2.04. The molecule has 4 aromatic rings. The van der Waals surface area contributed by atoms with Gasteiger partial charge in [0.1, 0.15) is 11.5 Å². The second-order valence-electron chi connectivity index (χ2n) is 5.96. The number of nitrogens with zero attached hydrogens (tertiary/aromatic N) is 3. The fourth-order valence-corrected chi connectivity index (χ4v) is 3.39. The zero-order valence-corrected chi connectivity index (χ0v) is 16.7. The molecule has 2 aromatic heterocycles. The van der Waals surface area contributed by atoms with Crippen molar-refractivity contribution in [2.45, 2.75) is 6.92 Å². The number of ether oxygens (including phenoxy) is 2. The largest absolute Gasteiger partial charge is 0.497 e. The Labute approximate surface area is 171 Å². The van der Waals surface area contributed by atoms with E-state index in [0.29, 0.717) is 28.3 Å². The van der Waals surface area contributed by atoms with Crippen LogP contribution < -0.4 is 20.5 Å². The lowest BCUT2D eigenvalue weighted by molar-refractivity contribution is 0.340. The molecule has 8 nitrogen and oxygen atoms in total. The van der Waals surface area contributed by atoms with E-state index in [4.69, 9.17) is 19.6 Å². The molecule has 4 rings (SSSR count). The van der Waals surface area contributed by atoms with E-state index in [9.17, 15) is 0 Å². The summed E-state index contributed by atoms with van der Waals surface area (Å²) in [5.74, 6) is 2.18. The van der Waals surface area contributed by atoms with Gasteiger partial charge in [0.25, 0.3) is 0 Å². The number of rotatable bonds is 7. The van der Waals surface area contributed by atoms with Crippen LogP contribution in [0, 0.1) is 0 Å². The van der Waals surface area contributed by atoms with Gasteiger partial charge in [0, 0.05) is 11.3 Å². The highest BCUT2D eigenvalue weighted by Crippen LogP contribution is 2.35. The molecule has 0 saturated carbocycles. The van der Waals surface area contributed by atoms with Crippen LogP contribution in [-0.2, 0) is 0 Å². The fraction of sp³-hybridized carbons (Fsp3) is 0.150. The third-order valence-electron chi connectivity index (χ3n) is 4.03. The lowest BCUT2D eigenvalue weighted by atomic mass is 10.2. The molecule has 29 heavy (non-hydrogen) atoms. The average molecular weight is 409 g/mol. The molecule has 0 spiro atoms. The minimum Gasteiger partial charge on any atom is -0.497 e. The number of nitrogens with one attached hydrogen (secondary N) is 1. The Kier molecular flexibility index (Phi) is 5.30. The van der Waals surface area contributed by atoms with Crippen molar-refractivity contribution in [3.8, 4) is 33.7 Å². The van der Waals surface area contributed by atoms with E-state index in [0.717, 1.165) is 22.7 Å². The van der Waals surface area contributed by atoms with Gasteiger partial charge in [-0.05, 0) is 55.5 Å². The van der Waals surface area contributed by atoms with Crippen LogP contribution in [0.3, 0.4) is 0 Å². The molecule has 0 atom stereocenters. The normalized spacial score (nSPS) is 10.7. The first-order valence-electron chi connectivity index (χ1n) is 8.90. The summed E-state index contributed by atoms with van der Waals surface area (Å²) in [7, 11) is 1.62. The van der Waals surface area contributed by atoms with Crippen LogP contribution in [0.25, 0.3) is 22.2 Å². The predicted molar refractivity (Wildman–Crippen MR) is 113 cm³/mol. The highest BCUT2D eigenvalue weighted by atomic mass is 32.1. The van der Waals surface area contributed by atoms with Gasteiger partial charge in [-0.2, -0.15) is 0 Å². The van der Waals surface area contributed by atoms with Crippen molar-refractivity contribution in [1.29, 1.82) is 0 Å². The Morgan fingerprint density at radius 3 is 2.45 bits per heavy atom. The number of hydrogen-bond donors (Lipinski definition) is 2. The Morgan fingerprint density at radius 2 is 1.76 bits per heavy atom. The van der Waals surface area contributed by atoms with Gasteiger partial charge in [-0.1, -0.05) is 11.3 Å². The fourth-order valence-electron chi connectivity index (χ4n) is 2.64. The summed E-state index contributed by atoms with van der Waals surface area (Å²) in [4.78, 5) is 4.49. The first-order chi connectivity index (χ1) is 14.2. The number of nitrogens with two attached hydrogens (primary N) is 1. The van der Waals surface area contributed by atoms with E-state index in [1.807, 2.05) is 55.5 Å². The maximum absolute atomic E-state index is 6.02. The molecule has 0 aliphatic rings. The van der Waals surface area contributed by atoms with Crippen LogP contribution in [0.4, 0.5) is 16.7 Å². The lowest BCUT2D eigenvalue weighted by Crippen LogP contribution is -1.92. The second-order valence-corrected chi connectivity index (χ2v) is 6.93.